The molecule has 0 aliphatic carbocycles. The molecule has 6 heteroatoms. The van der Waals surface area contributed by atoms with Crippen LogP contribution in [0.5, 0.6) is 0 Å². The van der Waals surface area contributed by atoms with Crippen molar-refractivity contribution in [2.24, 2.45) is 18.9 Å². The van der Waals surface area contributed by atoms with Gasteiger partial charge in [0.2, 0.25) is 5.91 Å². The van der Waals surface area contributed by atoms with Crippen molar-refractivity contribution >= 4 is 22.7 Å². The summed E-state index contributed by atoms with van der Waals surface area (Å²) in [7, 11) is 3.69. The summed E-state index contributed by atoms with van der Waals surface area (Å²) in [6, 6.07) is 7.75. The van der Waals surface area contributed by atoms with Crippen LogP contribution in [0.1, 0.15) is 16.9 Å². The lowest BCUT2D eigenvalue weighted by Crippen LogP contribution is -2.42. The summed E-state index contributed by atoms with van der Waals surface area (Å²) in [5.74, 6) is 0.347. The number of carbonyl (C=O) groups excluding carboxylic acids is 2. The first-order chi connectivity index (χ1) is 11.1. The van der Waals surface area contributed by atoms with Crippen LogP contribution in [0, 0.1) is 11.8 Å². The van der Waals surface area contributed by atoms with Gasteiger partial charge in [0.25, 0.3) is 5.91 Å². The molecule has 2 fully saturated rings. The number of carbonyl (C=O) groups is 2. The molecule has 0 unspecified atom stereocenters. The molecule has 2 saturated heterocycles. The average molecular weight is 312 g/mol. The molecule has 2 aliphatic rings. The number of piperidine rings is 1. The van der Waals surface area contributed by atoms with Crippen molar-refractivity contribution in [3.8, 4) is 0 Å². The van der Waals surface area contributed by atoms with Crippen molar-refractivity contribution in [2.45, 2.75) is 6.42 Å². The number of aryl methyl sites for hydroxylation is 1. The number of rotatable bonds is 1. The second-order valence-electron chi connectivity index (χ2n) is 6.61. The Morgan fingerprint density at radius 3 is 2.83 bits per heavy atom. The zero-order chi connectivity index (χ0) is 16.1. The predicted molar refractivity (Wildman–Crippen MR) is 85.9 cm³/mol. The predicted octanol–water partition coefficient (Wildman–Crippen LogP) is 1.12. The summed E-state index contributed by atoms with van der Waals surface area (Å²) in [5, 5.41) is 5.29. The van der Waals surface area contributed by atoms with E-state index in [1.54, 1.807) is 14.5 Å². The van der Waals surface area contributed by atoms with E-state index in [0.717, 1.165) is 23.9 Å². The Bertz CT molecular complexity index is 797. The van der Waals surface area contributed by atoms with Gasteiger partial charge in [0.1, 0.15) is 0 Å². The summed E-state index contributed by atoms with van der Waals surface area (Å²) < 4.78 is 1.74. The third-order valence-corrected chi connectivity index (χ3v) is 5.22. The molecule has 120 valence electrons. The van der Waals surface area contributed by atoms with Gasteiger partial charge in [-0.2, -0.15) is 5.10 Å². The lowest BCUT2D eigenvalue weighted by atomic mass is 9.88. The molecule has 1 aromatic carbocycles. The average Bonchev–Trinajstić information content (AvgIpc) is 3.13. The van der Waals surface area contributed by atoms with Gasteiger partial charge in [-0.1, -0.05) is 18.2 Å². The molecular formula is C17H20N4O2. The van der Waals surface area contributed by atoms with Gasteiger partial charge in [-0.15, -0.1) is 0 Å². The second kappa shape index (κ2) is 5.08. The van der Waals surface area contributed by atoms with E-state index in [0.29, 0.717) is 18.8 Å². The first kappa shape index (κ1) is 14.2. The Hall–Kier alpha value is -2.37. The van der Waals surface area contributed by atoms with Gasteiger partial charge in [0.15, 0.2) is 5.69 Å². The highest BCUT2D eigenvalue weighted by molar-refractivity contribution is 6.05. The molecule has 4 rings (SSSR count). The maximum absolute atomic E-state index is 12.9. The molecule has 2 atom stereocenters. The van der Waals surface area contributed by atoms with Crippen LogP contribution in [-0.2, 0) is 11.8 Å². The zero-order valence-electron chi connectivity index (χ0n) is 13.4. The van der Waals surface area contributed by atoms with Crippen molar-refractivity contribution in [1.29, 1.82) is 0 Å². The number of likely N-dealkylation sites (tertiary alicyclic amines) is 2. The SMILES string of the molecule is CN1CC[C@@H]2CN(C(=O)c3nn(C)c4ccccc34)C[C@@H]2C1=O. The fourth-order valence-electron chi connectivity index (χ4n) is 3.88. The Labute approximate surface area is 134 Å². The normalized spacial score (nSPS) is 24.3. The molecule has 0 bridgehead atoms. The van der Waals surface area contributed by atoms with Crippen LogP contribution < -0.4 is 0 Å². The van der Waals surface area contributed by atoms with E-state index in [9.17, 15) is 9.59 Å². The number of benzene rings is 1. The van der Waals surface area contributed by atoms with Gasteiger partial charge in [-0.05, 0) is 18.4 Å². The zero-order valence-corrected chi connectivity index (χ0v) is 13.4. The van der Waals surface area contributed by atoms with Crippen molar-refractivity contribution in [3.05, 3.63) is 30.0 Å². The van der Waals surface area contributed by atoms with E-state index in [-0.39, 0.29) is 23.7 Å². The quantitative estimate of drug-likeness (QED) is 0.793. The maximum Gasteiger partial charge on any atom is 0.275 e. The summed E-state index contributed by atoms with van der Waals surface area (Å²) in [5.41, 5.74) is 1.44. The van der Waals surface area contributed by atoms with E-state index in [1.165, 1.54) is 0 Å². The Morgan fingerprint density at radius 2 is 2.00 bits per heavy atom. The van der Waals surface area contributed by atoms with Gasteiger partial charge in [0, 0.05) is 39.1 Å². The third kappa shape index (κ3) is 2.12. The lowest BCUT2D eigenvalue weighted by Gasteiger charge is -2.30. The number of fused-ring (bicyclic) bond motifs is 2. The maximum atomic E-state index is 12.9. The minimum absolute atomic E-state index is 0.0484. The number of hydrogen-bond acceptors (Lipinski definition) is 3. The minimum Gasteiger partial charge on any atom is -0.345 e. The minimum atomic E-state index is -0.0633. The summed E-state index contributed by atoms with van der Waals surface area (Å²) in [6.07, 6.45) is 0.972. The number of amides is 2. The smallest absolute Gasteiger partial charge is 0.275 e. The first-order valence-electron chi connectivity index (χ1n) is 8.02. The third-order valence-electron chi connectivity index (χ3n) is 5.22. The lowest BCUT2D eigenvalue weighted by molar-refractivity contribution is -0.137. The number of hydrogen-bond donors (Lipinski definition) is 0. The number of nitrogens with zero attached hydrogens (tertiary/aromatic N) is 4. The van der Waals surface area contributed by atoms with E-state index >= 15 is 0 Å². The van der Waals surface area contributed by atoms with Crippen LogP contribution in [0.4, 0.5) is 0 Å². The number of aromatic nitrogens is 2. The van der Waals surface area contributed by atoms with Gasteiger partial charge >= 0.3 is 0 Å². The summed E-state index contributed by atoms with van der Waals surface area (Å²) in [4.78, 5) is 28.8. The van der Waals surface area contributed by atoms with Crippen LogP contribution in [0.3, 0.4) is 0 Å². The fraction of sp³-hybridized carbons (Fsp3) is 0.471. The van der Waals surface area contributed by atoms with Crippen LogP contribution in [0.2, 0.25) is 0 Å². The number of para-hydroxylation sites is 1. The molecule has 6 nitrogen and oxygen atoms in total. The monoisotopic (exact) mass is 312 g/mol. The standard InChI is InChI=1S/C17H20N4O2/c1-19-8-7-11-9-21(10-13(11)16(19)22)17(23)15-12-5-3-4-6-14(12)20(2)18-15/h3-6,11,13H,7-10H2,1-2H3/t11-,13+/m1/s1. The van der Waals surface area contributed by atoms with Crippen molar-refractivity contribution in [1.82, 2.24) is 19.6 Å². The highest BCUT2D eigenvalue weighted by Crippen LogP contribution is 2.33. The van der Waals surface area contributed by atoms with Gasteiger partial charge in [-0.25, -0.2) is 0 Å². The van der Waals surface area contributed by atoms with E-state index in [4.69, 9.17) is 0 Å². The van der Waals surface area contributed by atoms with E-state index in [1.807, 2.05) is 38.4 Å². The molecule has 2 aliphatic heterocycles. The molecule has 0 radical (unpaired) electrons. The Morgan fingerprint density at radius 1 is 1.22 bits per heavy atom. The van der Waals surface area contributed by atoms with Crippen LogP contribution in [-0.4, -0.2) is 58.1 Å². The Balaban J connectivity index is 1.64. The highest BCUT2D eigenvalue weighted by atomic mass is 16.2. The van der Waals surface area contributed by atoms with E-state index in [2.05, 4.69) is 5.10 Å². The Kier molecular flexibility index (Phi) is 3.14. The van der Waals surface area contributed by atoms with E-state index < -0.39 is 0 Å². The molecule has 0 N–H and O–H groups in total. The second-order valence-corrected chi connectivity index (χ2v) is 6.61. The molecule has 1 aromatic heterocycles. The van der Waals surface area contributed by atoms with Crippen LogP contribution in [0.25, 0.3) is 10.9 Å². The summed E-state index contributed by atoms with van der Waals surface area (Å²) >= 11 is 0. The molecule has 2 aromatic rings. The first-order valence-corrected chi connectivity index (χ1v) is 8.02. The molecule has 0 saturated carbocycles. The molecular weight excluding hydrogens is 292 g/mol. The largest absolute Gasteiger partial charge is 0.345 e. The molecule has 2 amide bonds. The van der Waals surface area contributed by atoms with Crippen LogP contribution in [0.15, 0.2) is 24.3 Å². The van der Waals surface area contributed by atoms with Crippen LogP contribution >= 0.6 is 0 Å². The highest BCUT2D eigenvalue weighted by Gasteiger charge is 2.43. The fourth-order valence-corrected chi connectivity index (χ4v) is 3.88. The van der Waals surface area contributed by atoms with Crippen molar-refractivity contribution in [2.75, 3.05) is 26.7 Å². The molecule has 3 heterocycles. The van der Waals surface area contributed by atoms with Gasteiger partial charge < -0.3 is 9.80 Å². The summed E-state index contributed by atoms with van der Waals surface area (Å²) in [6.45, 7) is 1.96. The van der Waals surface area contributed by atoms with Crippen molar-refractivity contribution in [3.63, 3.8) is 0 Å². The van der Waals surface area contributed by atoms with Gasteiger partial charge in [0.05, 0.1) is 11.4 Å². The van der Waals surface area contributed by atoms with Gasteiger partial charge in [-0.3, -0.25) is 14.3 Å². The molecule has 23 heavy (non-hydrogen) atoms. The molecule has 0 spiro atoms. The van der Waals surface area contributed by atoms with Crippen molar-refractivity contribution < 1.29 is 9.59 Å². The topological polar surface area (TPSA) is 58.4 Å².